The van der Waals surface area contributed by atoms with Crippen LogP contribution in [0.15, 0.2) is 64.0 Å². The number of halogens is 1. The third kappa shape index (κ3) is 5.52. The predicted molar refractivity (Wildman–Crippen MR) is 131 cm³/mol. The number of carbonyl (C=O) groups is 1. The van der Waals surface area contributed by atoms with Gasteiger partial charge in [-0.15, -0.1) is 0 Å². The van der Waals surface area contributed by atoms with E-state index in [1.54, 1.807) is 37.1 Å². The van der Waals surface area contributed by atoms with Gasteiger partial charge < -0.3 is 9.42 Å². The number of aryl methyl sites for hydroxylation is 1. The Kier molecular flexibility index (Phi) is 7.47. The van der Waals surface area contributed by atoms with E-state index in [1.165, 1.54) is 22.5 Å². The average molecular weight is 498 g/mol. The Morgan fingerprint density at radius 2 is 1.89 bits per heavy atom. The number of rotatable bonds is 7. The van der Waals surface area contributed by atoms with Gasteiger partial charge in [-0.2, -0.15) is 4.31 Å². The Morgan fingerprint density at radius 3 is 2.63 bits per heavy atom. The smallest absolute Gasteiger partial charge is 0.248 e. The van der Waals surface area contributed by atoms with E-state index in [2.05, 4.69) is 5.16 Å². The molecule has 0 radical (unpaired) electrons. The number of hydrogen-bond acceptors (Lipinski definition) is 5. The first kappa shape index (κ1) is 24.8. The summed E-state index contributed by atoms with van der Waals surface area (Å²) in [5.74, 6) is -0.929. The van der Waals surface area contributed by atoms with Crippen molar-refractivity contribution in [3.8, 4) is 0 Å². The lowest BCUT2D eigenvalue weighted by atomic mass is 9.98. The van der Waals surface area contributed by atoms with Crippen LogP contribution in [0.4, 0.5) is 4.39 Å². The van der Waals surface area contributed by atoms with Crippen molar-refractivity contribution in [3.05, 3.63) is 83.0 Å². The fraction of sp³-hybridized carbons (Fsp3) is 0.308. The second-order valence-electron chi connectivity index (χ2n) is 8.70. The first-order chi connectivity index (χ1) is 16.8. The van der Waals surface area contributed by atoms with Crippen LogP contribution in [0, 0.1) is 18.7 Å². The molecule has 35 heavy (non-hydrogen) atoms. The molecule has 1 aromatic heterocycles. The molecule has 2 aromatic carbocycles. The van der Waals surface area contributed by atoms with Gasteiger partial charge in [-0.25, -0.2) is 12.8 Å². The van der Waals surface area contributed by atoms with Crippen LogP contribution in [0.1, 0.15) is 35.4 Å². The number of nitrogens with zero attached hydrogens (tertiary/aromatic N) is 3. The molecular weight excluding hydrogens is 469 g/mol. The molecule has 1 amide bonds. The molecule has 0 aliphatic carbocycles. The maximum atomic E-state index is 14.0. The van der Waals surface area contributed by atoms with Gasteiger partial charge in [-0.3, -0.25) is 4.79 Å². The molecule has 1 atom stereocenters. The number of aromatic nitrogens is 1. The molecule has 7 nitrogen and oxygen atoms in total. The third-order valence-corrected chi connectivity index (χ3v) is 8.15. The van der Waals surface area contributed by atoms with Gasteiger partial charge in [0.1, 0.15) is 11.5 Å². The Bertz CT molecular complexity index is 1320. The fourth-order valence-corrected chi connectivity index (χ4v) is 6.09. The maximum Gasteiger partial charge on any atom is 0.248 e. The zero-order valence-electron chi connectivity index (χ0n) is 19.7. The summed E-state index contributed by atoms with van der Waals surface area (Å²) in [6, 6.07) is 15.8. The number of piperidine rings is 1. The number of amides is 1. The van der Waals surface area contributed by atoms with Gasteiger partial charge in [0.15, 0.2) is 10.7 Å². The van der Waals surface area contributed by atoms with Crippen molar-refractivity contribution in [2.45, 2.75) is 31.2 Å². The Morgan fingerprint density at radius 1 is 1.17 bits per heavy atom. The van der Waals surface area contributed by atoms with Gasteiger partial charge in [-0.05, 0) is 43.5 Å². The monoisotopic (exact) mass is 497 g/mol. The van der Waals surface area contributed by atoms with Crippen molar-refractivity contribution in [1.29, 1.82) is 0 Å². The van der Waals surface area contributed by atoms with Crippen LogP contribution in [-0.2, 0) is 21.4 Å². The van der Waals surface area contributed by atoms with Crippen LogP contribution < -0.4 is 0 Å². The lowest BCUT2D eigenvalue weighted by Crippen LogP contribution is -2.45. The number of benzene rings is 2. The maximum absolute atomic E-state index is 14.0. The minimum Gasteiger partial charge on any atom is -0.355 e. The third-order valence-electron chi connectivity index (χ3n) is 6.12. The van der Waals surface area contributed by atoms with Gasteiger partial charge >= 0.3 is 0 Å². The van der Waals surface area contributed by atoms with Crippen LogP contribution in [-0.4, -0.2) is 48.8 Å². The molecule has 4 rings (SSSR count). The lowest BCUT2D eigenvalue weighted by molar-refractivity contribution is -0.135. The number of hydrogen-bond donors (Lipinski definition) is 0. The zero-order valence-corrected chi connectivity index (χ0v) is 20.5. The molecule has 1 saturated heterocycles. The van der Waals surface area contributed by atoms with Gasteiger partial charge in [0, 0.05) is 32.2 Å². The molecule has 0 bridgehead atoms. The zero-order chi connectivity index (χ0) is 25.0. The Labute approximate surface area is 204 Å². The van der Waals surface area contributed by atoms with Crippen molar-refractivity contribution >= 4 is 28.1 Å². The summed E-state index contributed by atoms with van der Waals surface area (Å²) in [4.78, 5) is 14.7. The molecule has 0 N–H and O–H groups in total. The minimum atomic E-state index is -3.98. The molecule has 2 heterocycles. The van der Waals surface area contributed by atoms with Crippen molar-refractivity contribution in [2.75, 3.05) is 20.1 Å². The van der Waals surface area contributed by atoms with E-state index in [9.17, 15) is 17.6 Å². The fourth-order valence-electron chi connectivity index (χ4n) is 4.31. The van der Waals surface area contributed by atoms with Crippen molar-refractivity contribution in [1.82, 2.24) is 14.4 Å². The summed E-state index contributed by atoms with van der Waals surface area (Å²) in [6.45, 7) is 2.40. The first-order valence-electron chi connectivity index (χ1n) is 11.5. The van der Waals surface area contributed by atoms with E-state index in [0.717, 1.165) is 5.56 Å². The van der Waals surface area contributed by atoms with Gasteiger partial charge in [0.25, 0.3) is 0 Å². The van der Waals surface area contributed by atoms with E-state index < -0.39 is 21.8 Å². The lowest BCUT2D eigenvalue weighted by Gasteiger charge is -2.33. The molecule has 1 aliphatic heterocycles. The number of sulfonamides is 1. The summed E-state index contributed by atoms with van der Waals surface area (Å²) < 4.78 is 47.8. The molecule has 1 aliphatic rings. The van der Waals surface area contributed by atoms with E-state index in [0.29, 0.717) is 31.5 Å². The molecule has 0 saturated carbocycles. The van der Waals surface area contributed by atoms with Crippen LogP contribution in [0.25, 0.3) is 12.2 Å². The number of carbonyl (C=O) groups excluding carboxylic acids is 1. The summed E-state index contributed by atoms with van der Waals surface area (Å²) in [5.41, 5.74) is 1.53. The largest absolute Gasteiger partial charge is 0.355 e. The highest BCUT2D eigenvalue weighted by molar-refractivity contribution is 7.89. The van der Waals surface area contributed by atoms with E-state index >= 15 is 0 Å². The van der Waals surface area contributed by atoms with Crippen molar-refractivity contribution in [2.24, 2.45) is 5.92 Å². The standard InChI is InChI=1S/C26H28FN3O4S/c1-19-25(24(34-28-19)15-14-21-11-6-7-13-23(21)27)35(32,33)30-16-8-12-22(18-30)26(31)29(2)17-20-9-4-3-5-10-20/h3-7,9-11,13-15,22H,8,12,16-18H2,1-2H3. The molecule has 1 unspecified atom stereocenters. The van der Waals surface area contributed by atoms with E-state index in [4.69, 9.17) is 4.52 Å². The highest BCUT2D eigenvalue weighted by Crippen LogP contribution is 2.30. The van der Waals surface area contributed by atoms with E-state index in [1.807, 2.05) is 30.3 Å². The SMILES string of the molecule is Cc1noc(C=Cc2ccccc2F)c1S(=O)(=O)N1CCCC(C(=O)N(C)Cc2ccccc2)C1. The molecule has 1 fully saturated rings. The average Bonchev–Trinajstić information content (AvgIpc) is 3.24. The van der Waals surface area contributed by atoms with Crippen LogP contribution in [0.3, 0.4) is 0 Å². The highest BCUT2D eigenvalue weighted by Gasteiger charge is 2.37. The first-order valence-corrected chi connectivity index (χ1v) is 12.9. The van der Waals surface area contributed by atoms with E-state index in [-0.39, 0.29) is 28.8 Å². The summed E-state index contributed by atoms with van der Waals surface area (Å²) in [5, 5.41) is 3.84. The topological polar surface area (TPSA) is 83.7 Å². The second-order valence-corrected chi connectivity index (χ2v) is 10.6. The quantitative estimate of drug-likeness (QED) is 0.485. The summed E-state index contributed by atoms with van der Waals surface area (Å²) in [6.07, 6.45) is 4.05. The van der Waals surface area contributed by atoms with Crippen molar-refractivity contribution in [3.63, 3.8) is 0 Å². The minimum absolute atomic E-state index is 0.0281. The summed E-state index contributed by atoms with van der Waals surface area (Å²) >= 11 is 0. The molecule has 3 aromatic rings. The molecular formula is C26H28FN3O4S. The Hall–Kier alpha value is -3.30. The molecule has 184 valence electrons. The van der Waals surface area contributed by atoms with Crippen LogP contribution >= 0.6 is 0 Å². The predicted octanol–water partition coefficient (Wildman–Crippen LogP) is 4.35. The van der Waals surface area contributed by atoms with Crippen LogP contribution in [0.2, 0.25) is 0 Å². The summed E-state index contributed by atoms with van der Waals surface area (Å²) in [7, 11) is -2.25. The van der Waals surface area contributed by atoms with Gasteiger partial charge in [-0.1, -0.05) is 53.7 Å². The van der Waals surface area contributed by atoms with Gasteiger partial charge in [0.2, 0.25) is 15.9 Å². The van der Waals surface area contributed by atoms with Gasteiger partial charge in [0.05, 0.1) is 5.92 Å². The normalized spacial score (nSPS) is 17.1. The van der Waals surface area contributed by atoms with Crippen molar-refractivity contribution < 1.29 is 22.1 Å². The second kappa shape index (κ2) is 10.5. The highest BCUT2D eigenvalue weighted by atomic mass is 32.2. The molecule has 0 spiro atoms. The Balaban J connectivity index is 1.52. The molecule has 9 heteroatoms. The van der Waals surface area contributed by atoms with Crippen LogP contribution in [0.5, 0.6) is 0 Å².